The SMILES string of the molecule is CC1=CC=C(c2ccc3oc(=O)n(C)c3c2)C=CC1. The number of hydrogen-bond donors (Lipinski definition) is 0. The van der Waals surface area contributed by atoms with Crippen molar-refractivity contribution in [3.05, 3.63) is 64.2 Å². The van der Waals surface area contributed by atoms with Crippen LogP contribution in [-0.4, -0.2) is 4.57 Å². The highest BCUT2D eigenvalue weighted by Crippen LogP contribution is 2.23. The molecule has 0 unspecified atom stereocenters. The van der Waals surface area contributed by atoms with E-state index in [9.17, 15) is 4.79 Å². The molecule has 0 radical (unpaired) electrons. The van der Waals surface area contributed by atoms with Crippen LogP contribution < -0.4 is 5.76 Å². The molecule has 0 fully saturated rings. The van der Waals surface area contributed by atoms with Crippen LogP contribution >= 0.6 is 0 Å². The Morgan fingerprint density at radius 2 is 2.11 bits per heavy atom. The molecule has 19 heavy (non-hydrogen) atoms. The maximum atomic E-state index is 11.5. The monoisotopic (exact) mass is 253 g/mol. The zero-order valence-electron chi connectivity index (χ0n) is 11.0. The van der Waals surface area contributed by atoms with Crippen LogP contribution in [0.3, 0.4) is 0 Å². The summed E-state index contributed by atoms with van der Waals surface area (Å²) in [5.41, 5.74) is 5.02. The van der Waals surface area contributed by atoms with Gasteiger partial charge in [-0.05, 0) is 36.6 Å². The molecule has 1 aliphatic carbocycles. The molecular formula is C16H15NO2. The molecule has 2 aromatic rings. The van der Waals surface area contributed by atoms with E-state index in [0.29, 0.717) is 5.58 Å². The summed E-state index contributed by atoms with van der Waals surface area (Å²) >= 11 is 0. The van der Waals surface area contributed by atoms with Crippen molar-refractivity contribution < 1.29 is 4.42 Å². The van der Waals surface area contributed by atoms with Crippen molar-refractivity contribution in [2.45, 2.75) is 13.3 Å². The van der Waals surface area contributed by atoms with Crippen molar-refractivity contribution in [2.24, 2.45) is 7.05 Å². The van der Waals surface area contributed by atoms with Crippen molar-refractivity contribution >= 4 is 16.7 Å². The molecule has 3 rings (SSSR count). The fourth-order valence-electron chi connectivity index (χ4n) is 2.23. The van der Waals surface area contributed by atoms with Gasteiger partial charge in [0.15, 0.2) is 5.58 Å². The minimum absolute atomic E-state index is 0.326. The first-order valence-corrected chi connectivity index (χ1v) is 6.29. The number of aryl methyl sites for hydroxylation is 1. The Bertz CT molecular complexity index is 785. The lowest BCUT2D eigenvalue weighted by Crippen LogP contribution is -2.08. The van der Waals surface area contributed by atoms with Crippen molar-refractivity contribution in [2.75, 3.05) is 0 Å². The van der Waals surface area contributed by atoms with E-state index in [2.05, 4.69) is 31.2 Å². The highest BCUT2D eigenvalue weighted by molar-refractivity contribution is 5.83. The second-order valence-corrected chi connectivity index (χ2v) is 4.85. The first-order valence-electron chi connectivity index (χ1n) is 6.29. The average molecular weight is 253 g/mol. The van der Waals surface area contributed by atoms with Crippen LogP contribution in [0.5, 0.6) is 0 Å². The Morgan fingerprint density at radius 3 is 2.95 bits per heavy atom. The zero-order valence-corrected chi connectivity index (χ0v) is 11.0. The first-order chi connectivity index (χ1) is 9.15. The molecule has 0 spiro atoms. The van der Waals surface area contributed by atoms with Crippen molar-refractivity contribution in [1.82, 2.24) is 4.57 Å². The van der Waals surface area contributed by atoms with Gasteiger partial charge in [0.1, 0.15) is 0 Å². The largest absolute Gasteiger partial charge is 0.419 e. The van der Waals surface area contributed by atoms with Crippen LogP contribution in [0.4, 0.5) is 0 Å². The highest BCUT2D eigenvalue weighted by atomic mass is 16.4. The molecule has 0 amide bonds. The summed E-state index contributed by atoms with van der Waals surface area (Å²) in [6, 6.07) is 5.82. The van der Waals surface area contributed by atoms with Gasteiger partial charge < -0.3 is 4.42 Å². The third-order valence-corrected chi connectivity index (χ3v) is 3.41. The van der Waals surface area contributed by atoms with E-state index in [1.54, 1.807) is 7.05 Å². The Labute approximate surface area is 111 Å². The summed E-state index contributed by atoms with van der Waals surface area (Å²) in [4.78, 5) is 11.5. The number of oxazole rings is 1. The predicted molar refractivity (Wildman–Crippen MR) is 76.9 cm³/mol. The summed E-state index contributed by atoms with van der Waals surface area (Å²) in [7, 11) is 1.72. The molecule has 1 aliphatic rings. The van der Waals surface area contributed by atoms with E-state index >= 15 is 0 Å². The predicted octanol–water partition coefficient (Wildman–Crippen LogP) is 3.42. The minimum Gasteiger partial charge on any atom is -0.408 e. The molecule has 0 atom stereocenters. The minimum atomic E-state index is -0.326. The second kappa shape index (κ2) is 4.43. The molecule has 96 valence electrons. The van der Waals surface area contributed by atoms with Gasteiger partial charge in [-0.25, -0.2) is 4.79 Å². The van der Waals surface area contributed by atoms with Crippen LogP contribution in [0.25, 0.3) is 16.7 Å². The fourth-order valence-corrected chi connectivity index (χ4v) is 2.23. The number of allylic oxidation sites excluding steroid dienone is 6. The lowest BCUT2D eigenvalue weighted by molar-refractivity contribution is 0.528. The third kappa shape index (κ3) is 2.08. The van der Waals surface area contributed by atoms with Crippen LogP contribution in [0.2, 0.25) is 0 Å². The normalized spacial score (nSPS) is 15.3. The lowest BCUT2D eigenvalue weighted by Gasteiger charge is -2.02. The Hall–Kier alpha value is -2.29. The van der Waals surface area contributed by atoms with E-state index in [4.69, 9.17) is 4.42 Å². The topological polar surface area (TPSA) is 35.1 Å². The lowest BCUT2D eigenvalue weighted by atomic mass is 10.0. The van der Waals surface area contributed by atoms with Gasteiger partial charge in [-0.3, -0.25) is 4.57 Å². The average Bonchev–Trinajstić information content (AvgIpc) is 2.58. The smallest absolute Gasteiger partial charge is 0.408 e. The van der Waals surface area contributed by atoms with E-state index in [-0.39, 0.29) is 5.76 Å². The maximum absolute atomic E-state index is 11.5. The molecule has 0 N–H and O–H groups in total. The van der Waals surface area contributed by atoms with E-state index in [1.807, 2.05) is 18.2 Å². The summed E-state index contributed by atoms with van der Waals surface area (Å²) < 4.78 is 6.67. The van der Waals surface area contributed by atoms with Crippen LogP contribution in [0.15, 0.2) is 57.3 Å². The third-order valence-electron chi connectivity index (χ3n) is 3.41. The number of fused-ring (bicyclic) bond motifs is 1. The first kappa shape index (κ1) is 11.8. The van der Waals surface area contributed by atoms with Crippen LogP contribution in [-0.2, 0) is 7.05 Å². The van der Waals surface area contributed by atoms with Gasteiger partial charge in [0.05, 0.1) is 5.52 Å². The highest BCUT2D eigenvalue weighted by Gasteiger charge is 2.08. The molecular weight excluding hydrogens is 238 g/mol. The van der Waals surface area contributed by atoms with Gasteiger partial charge in [-0.15, -0.1) is 0 Å². The Kier molecular flexibility index (Phi) is 2.75. The summed E-state index contributed by atoms with van der Waals surface area (Å²) in [5, 5.41) is 0. The zero-order chi connectivity index (χ0) is 13.4. The van der Waals surface area contributed by atoms with Gasteiger partial charge in [-0.2, -0.15) is 0 Å². The summed E-state index contributed by atoms with van der Waals surface area (Å²) in [6.07, 6.45) is 9.49. The van der Waals surface area contributed by atoms with Gasteiger partial charge in [0.2, 0.25) is 0 Å². The fraction of sp³-hybridized carbons (Fsp3) is 0.188. The quantitative estimate of drug-likeness (QED) is 0.780. The molecule has 3 heteroatoms. The molecule has 0 saturated carbocycles. The van der Waals surface area contributed by atoms with E-state index in [1.165, 1.54) is 10.1 Å². The molecule has 0 saturated heterocycles. The van der Waals surface area contributed by atoms with Crippen molar-refractivity contribution in [1.29, 1.82) is 0 Å². The molecule has 1 aromatic carbocycles. The standard InChI is InChI=1S/C16H15NO2/c1-11-4-3-5-12(7-6-11)13-8-9-15-14(10-13)17(2)16(18)19-15/h3,5-10H,4H2,1-2H3. The van der Waals surface area contributed by atoms with Crippen LogP contribution in [0, 0.1) is 0 Å². The van der Waals surface area contributed by atoms with Gasteiger partial charge in [-0.1, -0.05) is 35.9 Å². The molecule has 3 nitrogen and oxygen atoms in total. The number of rotatable bonds is 1. The Balaban J connectivity index is 2.16. The molecule has 0 aliphatic heterocycles. The maximum Gasteiger partial charge on any atom is 0.419 e. The van der Waals surface area contributed by atoms with Gasteiger partial charge >= 0.3 is 5.76 Å². The second-order valence-electron chi connectivity index (χ2n) is 4.85. The summed E-state index contributed by atoms with van der Waals surface area (Å²) in [5.74, 6) is -0.326. The van der Waals surface area contributed by atoms with E-state index < -0.39 is 0 Å². The molecule has 1 heterocycles. The number of hydrogen-bond acceptors (Lipinski definition) is 2. The molecule has 1 aromatic heterocycles. The van der Waals surface area contributed by atoms with Crippen molar-refractivity contribution in [3.8, 4) is 0 Å². The number of nitrogens with zero attached hydrogens (tertiary/aromatic N) is 1. The number of aromatic nitrogens is 1. The number of benzene rings is 1. The van der Waals surface area contributed by atoms with Gasteiger partial charge in [0, 0.05) is 7.05 Å². The van der Waals surface area contributed by atoms with E-state index in [0.717, 1.165) is 23.1 Å². The van der Waals surface area contributed by atoms with Crippen LogP contribution in [0.1, 0.15) is 18.9 Å². The molecule has 0 bridgehead atoms. The van der Waals surface area contributed by atoms with Gasteiger partial charge in [0.25, 0.3) is 0 Å². The summed E-state index contributed by atoms with van der Waals surface area (Å²) in [6.45, 7) is 2.12. The Morgan fingerprint density at radius 1 is 1.26 bits per heavy atom. The van der Waals surface area contributed by atoms with Crippen molar-refractivity contribution in [3.63, 3.8) is 0 Å².